The first-order chi connectivity index (χ1) is 7.67. The summed E-state index contributed by atoms with van der Waals surface area (Å²) in [4.78, 5) is 11.5. The molecule has 0 saturated carbocycles. The van der Waals surface area contributed by atoms with E-state index < -0.39 is 12.2 Å². The minimum absolute atomic E-state index is 0.263. The highest BCUT2D eigenvalue weighted by molar-refractivity contribution is 5.97. The van der Waals surface area contributed by atoms with Crippen LogP contribution in [0.25, 0.3) is 0 Å². The van der Waals surface area contributed by atoms with Crippen molar-refractivity contribution in [3.63, 3.8) is 0 Å². The molecular formula is C10H11NO5. The van der Waals surface area contributed by atoms with Gasteiger partial charge in [0.25, 0.3) is 6.29 Å². The van der Waals surface area contributed by atoms with Crippen molar-refractivity contribution >= 4 is 11.6 Å². The summed E-state index contributed by atoms with van der Waals surface area (Å²) in [6, 6.07) is 4.71. The number of carbonyl (C=O) groups is 1. The maximum atomic E-state index is 11.5. The Morgan fingerprint density at radius 2 is 2.19 bits per heavy atom. The molecule has 1 N–H and O–H groups in total. The van der Waals surface area contributed by atoms with Gasteiger partial charge in [0, 0.05) is 13.2 Å². The summed E-state index contributed by atoms with van der Waals surface area (Å²) >= 11 is 0. The lowest BCUT2D eigenvalue weighted by Gasteiger charge is -2.29. The zero-order valence-corrected chi connectivity index (χ0v) is 8.84. The standard InChI is InChI=1S/C10H11NO5/c1-14-6-3-4-7-8(5-6)16-10(15-2)9(12)11(7)13/h3-5,10,13H,1-2H3. The number of hydroxylamine groups is 1. The van der Waals surface area contributed by atoms with E-state index in [1.165, 1.54) is 20.3 Å². The smallest absolute Gasteiger partial charge is 0.320 e. The molecule has 1 unspecified atom stereocenters. The third-order valence-corrected chi connectivity index (χ3v) is 2.25. The van der Waals surface area contributed by atoms with E-state index >= 15 is 0 Å². The third-order valence-electron chi connectivity index (χ3n) is 2.25. The maximum Gasteiger partial charge on any atom is 0.320 e. The van der Waals surface area contributed by atoms with Crippen LogP contribution in [-0.4, -0.2) is 31.6 Å². The molecule has 0 radical (unpaired) electrons. The lowest BCUT2D eigenvalue weighted by molar-refractivity contribution is -0.153. The second kappa shape index (κ2) is 3.99. The summed E-state index contributed by atoms with van der Waals surface area (Å²) in [6.45, 7) is 0. The highest BCUT2D eigenvalue weighted by Crippen LogP contribution is 2.35. The van der Waals surface area contributed by atoms with E-state index in [4.69, 9.17) is 14.2 Å². The Kier molecular flexibility index (Phi) is 2.67. The van der Waals surface area contributed by atoms with Crippen molar-refractivity contribution in [2.75, 3.05) is 19.3 Å². The van der Waals surface area contributed by atoms with Gasteiger partial charge >= 0.3 is 5.91 Å². The van der Waals surface area contributed by atoms with E-state index in [1.54, 1.807) is 12.1 Å². The summed E-state index contributed by atoms with van der Waals surface area (Å²) in [5.74, 6) is 0.227. The molecule has 0 aliphatic carbocycles. The van der Waals surface area contributed by atoms with Crippen molar-refractivity contribution in [1.29, 1.82) is 0 Å². The molecule has 1 aromatic carbocycles. The van der Waals surface area contributed by atoms with Gasteiger partial charge < -0.3 is 14.2 Å². The Morgan fingerprint density at radius 1 is 1.44 bits per heavy atom. The van der Waals surface area contributed by atoms with Gasteiger partial charge in [-0.1, -0.05) is 0 Å². The molecule has 1 amide bonds. The average Bonchev–Trinajstić information content (AvgIpc) is 2.33. The number of rotatable bonds is 2. The Bertz CT molecular complexity index is 420. The van der Waals surface area contributed by atoms with Gasteiger partial charge in [0.15, 0.2) is 5.75 Å². The Morgan fingerprint density at radius 3 is 2.81 bits per heavy atom. The van der Waals surface area contributed by atoms with Crippen molar-refractivity contribution in [3.8, 4) is 11.5 Å². The number of hydrogen-bond acceptors (Lipinski definition) is 5. The van der Waals surface area contributed by atoms with Crippen molar-refractivity contribution in [3.05, 3.63) is 18.2 Å². The van der Waals surface area contributed by atoms with Crippen LogP contribution in [0.1, 0.15) is 0 Å². The normalized spacial score (nSPS) is 19.1. The summed E-state index contributed by atoms with van der Waals surface area (Å²) in [5.41, 5.74) is 0.263. The van der Waals surface area contributed by atoms with Crippen molar-refractivity contribution in [1.82, 2.24) is 0 Å². The molecule has 1 atom stereocenters. The van der Waals surface area contributed by atoms with Crippen LogP contribution >= 0.6 is 0 Å². The van der Waals surface area contributed by atoms with Gasteiger partial charge in [-0.3, -0.25) is 10.0 Å². The first-order valence-electron chi connectivity index (χ1n) is 4.57. The van der Waals surface area contributed by atoms with Crippen LogP contribution in [0.15, 0.2) is 18.2 Å². The Hall–Kier alpha value is -1.79. The second-order valence-corrected chi connectivity index (χ2v) is 3.17. The number of ether oxygens (including phenoxy) is 3. The van der Waals surface area contributed by atoms with E-state index in [1.807, 2.05) is 0 Å². The van der Waals surface area contributed by atoms with Crippen LogP contribution in [0.3, 0.4) is 0 Å². The third kappa shape index (κ3) is 1.58. The van der Waals surface area contributed by atoms with Gasteiger partial charge in [0.05, 0.1) is 7.11 Å². The SMILES string of the molecule is COc1ccc2c(c1)OC(OC)C(=O)N2O. The number of methoxy groups -OCH3 is 2. The minimum Gasteiger partial charge on any atom is -0.497 e. The zero-order valence-electron chi connectivity index (χ0n) is 8.84. The Balaban J connectivity index is 2.42. The van der Waals surface area contributed by atoms with E-state index in [2.05, 4.69) is 0 Å². The first kappa shape index (κ1) is 10.7. The lowest BCUT2D eigenvalue weighted by Crippen LogP contribution is -2.45. The molecule has 6 nitrogen and oxygen atoms in total. The molecule has 0 spiro atoms. The monoisotopic (exact) mass is 225 g/mol. The second-order valence-electron chi connectivity index (χ2n) is 3.17. The molecule has 0 fully saturated rings. The predicted octanol–water partition coefficient (Wildman–Crippen LogP) is 0.782. The van der Waals surface area contributed by atoms with Gasteiger partial charge in [-0.05, 0) is 12.1 Å². The number of hydrogen-bond donors (Lipinski definition) is 1. The number of benzene rings is 1. The average molecular weight is 225 g/mol. The minimum atomic E-state index is -1.13. The van der Waals surface area contributed by atoms with Crippen molar-refractivity contribution in [2.45, 2.75) is 6.29 Å². The van der Waals surface area contributed by atoms with Crippen LogP contribution in [0.5, 0.6) is 11.5 Å². The summed E-state index contributed by atoms with van der Waals surface area (Å²) in [7, 11) is 2.84. The van der Waals surface area contributed by atoms with Crippen LogP contribution < -0.4 is 14.5 Å². The number of carbonyl (C=O) groups excluding carboxylic acids is 1. The molecule has 1 heterocycles. The van der Waals surface area contributed by atoms with Gasteiger partial charge in [-0.2, -0.15) is 5.06 Å². The summed E-state index contributed by atoms with van der Waals surface area (Å²) in [6.07, 6.45) is -1.13. The molecule has 0 saturated heterocycles. The predicted molar refractivity (Wildman–Crippen MR) is 53.7 cm³/mol. The van der Waals surface area contributed by atoms with Crippen LogP contribution in [0.4, 0.5) is 5.69 Å². The van der Waals surface area contributed by atoms with Crippen molar-refractivity contribution < 1.29 is 24.2 Å². The van der Waals surface area contributed by atoms with E-state index in [0.29, 0.717) is 16.6 Å². The number of amides is 1. The van der Waals surface area contributed by atoms with E-state index in [0.717, 1.165) is 0 Å². The van der Waals surface area contributed by atoms with Crippen LogP contribution in [0, 0.1) is 0 Å². The molecule has 1 aromatic rings. The van der Waals surface area contributed by atoms with Gasteiger partial charge in [0.2, 0.25) is 0 Å². The molecule has 0 bridgehead atoms. The van der Waals surface area contributed by atoms with Crippen molar-refractivity contribution in [2.24, 2.45) is 0 Å². The van der Waals surface area contributed by atoms with Crippen LogP contribution in [-0.2, 0) is 9.53 Å². The lowest BCUT2D eigenvalue weighted by atomic mass is 10.2. The fourth-order valence-corrected chi connectivity index (χ4v) is 1.42. The fourth-order valence-electron chi connectivity index (χ4n) is 1.42. The maximum absolute atomic E-state index is 11.5. The van der Waals surface area contributed by atoms with E-state index in [9.17, 15) is 10.0 Å². The molecule has 1 aliphatic heterocycles. The Labute approximate surface area is 91.9 Å². The molecule has 16 heavy (non-hydrogen) atoms. The van der Waals surface area contributed by atoms with Gasteiger partial charge in [-0.15, -0.1) is 0 Å². The largest absolute Gasteiger partial charge is 0.497 e. The zero-order chi connectivity index (χ0) is 11.7. The van der Waals surface area contributed by atoms with Crippen LogP contribution in [0.2, 0.25) is 0 Å². The highest BCUT2D eigenvalue weighted by atomic mass is 16.7. The number of fused-ring (bicyclic) bond motifs is 1. The summed E-state index contributed by atoms with van der Waals surface area (Å²) in [5, 5.41) is 10.1. The molecule has 86 valence electrons. The molecular weight excluding hydrogens is 214 g/mol. The first-order valence-corrected chi connectivity index (χ1v) is 4.57. The van der Waals surface area contributed by atoms with Gasteiger partial charge in [0.1, 0.15) is 11.4 Å². The molecule has 0 aromatic heterocycles. The topological polar surface area (TPSA) is 68.2 Å². The highest BCUT2D eigenvalue weighted by Gasteiger charge is 2.34. The van der Waals surface area contributed by atoms with Gasteiger partial charge in [-0.25, -0.2) is 0 Å². The fraction of sp³-hybridized carbons (Fsp3) is 0.300. The van der Waals surface area contributed by atoms with E-state index in [-0.39, 0.29) is 5.69 Å². The quantitative estimate of drug-likeness (QED) is 0.753. The molecule has 1 aliphatic rings. The molecule has 6 heteroatoms. The summed E-state index contributed by atoms with van der Waals surface area (Å²) < 4.78 is 15.0. The molecule has 2 rings (SSSR count). The number of anilines is 1. The number of nitrogens with zero attached hydrogens (tertiary/aromatic N) is 1.